The first-order chi connectivity index (χ1) is 21.9. The van der Waals surface area contributed by atoms with E-state index in [-0.39, 0.29) is 25.4 Å². The number of hydrogen-bond acceptors (Lipinski definition) is 11. The predicted octanol–water partition coefficient (Wildman–Crippen LogP) is 2.51. The van der Waals surface area contributed by atoms with Crippen LogP contribution in [-0.2, 0) is 39.9 Å². The van der Waals surface area contributed by atoms with Gasteiger partial charge in [0.25, 0.3) is 5.91 Å². The van der Waals surface area contributed by atoms with Gasteiger partial charge in [-0.2, -0.15) is 0 Å². The SMILES string of the molecule is C=CC(=O)OCC(C)(C)C(=O)C(=O)N1CCNC[C@H]1C(=O)O[C@H](CCc1ccc(OC)c(OC)c1)c1cccc(OCC(=O)O)c1. The molecule has 2 aromatic rings. The van der Waals surface area contributed by atoms with E-state index in [4.69, 9.17) is 28.8 Å². The van der Waals surface area contributed by atoms with Crippen molar-refractivity contribution in [2.75, 3.05) is 47.1 Å². The third-order valence-corrected chi connectivity index (χ3v) is 7.32. The number of nitrogens with zero attached hydrogens (tertiary/aromatic N) is 1. The van der Waals surface area contributed by atoms with Crippen molar-refractivity contribution >= 4 is 29.6 Å². The number of rotatable bonds is 16. The predicted molar refractivity (Wildman–Crippen MR) is 165 cm³/mol. The van der Waals surface area contributed by atoms with Crippen molar-refractivity contribution < 1.29 is 52.8 Å². The molecule has 1 heterocycles. The minimum Gasteiger partial charge on any atom is -0.493 e. The summed E-state index contributed by atoms with van der Waals surface area (Å²) in [5.41, 5.74) is 0.0608. The van der Waals surface area contributed by atoms with Crippen LogP contribution in [0.15, 0.2) is 55.1 Å². The molecule has 2 atom stereocenters. The maximum Gasteiger partial charge on any atom is 0.341 e. The number of benzene rings is 2. The Morgan fingerprint density at radius 3 is 2.50 bits per heavy atom. The van der Waals surface area contributed by atoms with Gasteiger partial charge in [-0.05, 0) is 62.1 Å². The van der Waals surface area contributed by atoms with E-state index in [2.05, 4.69) is 11.9 Å². The summed E-state index contributed by atoms with van der Waals surface area (Å²) in [5, 5.41) is 12.1. The van der Waals surface area contributed by atoms with Crippen LogP contribution in [0.25, 0.3) is 0 Å². The number of aryl methyl sites for hydroxylation is 1. The van der Waals surface area contributed by atoms with E-state index < -0.39 is 53.8 Å². The van der Waals surface area contributed by atoms with Gasteiger partial charge in [0.15, 0.2) is 18.1 Å². The molecule has 0 aliphatic carbocycles. The molecule has 1 aliphatic heterocycles. The summed E-state index contributed by atoms with van der Waals surface area (Å²) in [4.78, 5) is 64.1. The van der Waals surface area contributed by atoms with Crippen LogP contribution in [0.2, 0.25) is 0 Å². The first-order valence-corrected chi connectivity index (χ1v) is 14.6. The summed E-state index contributed by atoms with van der Waals surface area (Å²) in [6.45, 7) is 5.84. The Balaban J connectivity index is 1.85. The number of esters is 2. The second-order valence-electron chi connectivity index (χ2n) is 11.2. The van der Waals surface area contributed by atoms with Crippen LogP contribution < -0.4 is 19.5 Å². The maximum absolute atomic E-state index is 13.7. The first-order valence-electron chi connectivity index (χ1n) is 14.6. The second-order valence-corrected chi connectivity index (χ2v) is 11.2. The molecule has 1 fully saturated rings. The quantitative estimate of drug-likeness (QED) is 0.157. The zero-order valence-electron chi connectivity index (χ0n) is 26.4. The summed E-state index contributed by atoms with van der Waals surface area (Å²) in [6, 6.07) is 10.9. The van der Waals surface area contributed by atoms with Crippen LogP contribution in [0.3, 0.4) is 0 Å². The third kappa shape index (κ3) is 9.54. The number of aliphatic carboxylic acids is 1. The Morgan fingerprint density at radius 1 is 1.09 bits per heavy atom. The van der Waals surface area contributed by atoms with Crippen molar-refractivity contribution in [1.82, 2.24) is 10.2 Å². The molecule has 2 aromatic carbocycles. The monoisotopic (exact) mass is 640 g/mol. The van der Waals surface area contributed by atoms with Crippen molar-refractivity contribution in [2.24, 2.45) is 5.41 Å². The van der Waals surface area contributed by atoms with Gasteiger partial charge in [-0.3, -0.25) is 9.59 Å². The van der Waals surface area contributed by atoms with E-state index in [1.807, 2.05) is 12.1 Å². The Bertz CT molecular complexity index is 1440. The lowest BCUT2D eigenvalue weighted by molar-refractivity contribution is -0.164. The Hall–Kier alpha value is -4.91. The van der Waals surface area contributed by atoms with E-state index in [1.165, 1.54) is 33.0 Å². The number of hydrogen-bond donors (Lipinski definition) is 2. The average Bonchev–Trinajstić information content (AvgIpc) is 3.07. The Labute approximate surface area is 267 Å². The lowest BCUT2D eigenvalue weighted by Gasteiger charge is -2.36. The molecule has 0 saturated carbocycles. The number of carboxylic acids is 1. The molecule has 248 valence electrons. The lowest BCUT2D eigenvalue weighted by atomic mass is 9.88. The van der Waals surface area contributed by atoms with E-state index in [0.717, 1.165) is 11.6 Å². The van der Waals surface area contributed by atoms with Crippen LogP contribution in [0.5, 0.6) is 17.2 Å². The third-order valence-electron chi connectivity index (χ3n) is 7.32. The van der Waals surface area contributed by atoms with Gasteiger partial charge < -0.3 is 39.0 Å². The zero-order valence-corrected chi connectivity index (χ0v) is 26.4. The molecular formula is C33H40N2O11. The highest BCUT2D eigenvalue weighted by Crippen LogP contribution is 2.31. The van der Waals surface area contributed by atoms with Gasteiger partial charge in [0, 0.05) is 25.7 Å². The molecule has 1 amide bonds. The molecule has 0 radical (unpaired) electrons. The van der Waals surface area contributed by atoms with Gasteiger partial charge in [0.2, 0.25) is 5.78 Å². The largest absolute Gasteiger partial charge is 0.493 e. The van der Waals surface area contributed by atoms with Gasteiger partial charge in [-0.1, -0.05) is 24.8 Å². The molecule has 1 saturated heterocycles. The van der Waals surface area contributed by atoms with Gasteiger partial charge in [0.05, 0.1) is 19.6 Å². The molecule has 3 rings (SSSR count). The fourth-order valence-electron chi connectivity index (χ4n) is 4.75. The summed E-state index contributed by atoms with van der Waals surface area (Å²) in [5.74, 6) is -2.96. The molecule has 0 bridgehead atoms. The Kier molecular flexibility index (Phi) is 12.7. The highest BCUT2D eigenvalue weighted by atomic mass is 16.5. The number of nitrogens with one attached hydrogen (secondary N) is 1. The Morgan fingerprint density at radius 2 is 1.83 bits per heavy atom. The highest BCUT2D eigenvalue weighted by molar-refractivity contribution is 6.38. The van der Waals surface area contributed by atoms with Crippen molar-refractivity contribution in [3.05, 3.63) is 66.2 Å². The number of carboxylic acid groups (broad SMARTS) is 1. The van der Waals surface area contributed by atoms with Crippen LogP contribution in [-0.4, -0.2) is 92.7 Å². The van der Waals surface area contributed by atoms with E-state index in [1.54, 1.807) is 30.3 Å². The molecule has 46 heavy (non-hydrogen) atoms. The van der Waals surface area contributed by atoms with Gasteiger partial charge in [-0.25, -0.2) is 14.4 Å². The lowest BCUT2D eigenvalue weighted by Crippen LogP contribution is -2.60. The molecule has 0 spiro atoms. The van der Waals surface area contributed by atoms with Gasteiger partial charge in [0.1, 0.15) is 24.5 Å². The zero-order chi connectivity index (χ0) is 33.9. The number of carbonyl (C=O) groups excluding carboxylic acids is 4. The molecule has 13 nitrogen and oxygen atoms in total. The van der Waals surface area contributed by atoms with Crippen molar-refractivity contribution in [3.63, 3.8) is 0 Å². The second kappa shape index (κ2) is 16.4. The number of carbonyl (C=O) groups is 5. The van der Waals surface area contributed by atoms with E-state index >= 15 is 0 Å². The fraction of sp³-hybridized carbons (Fsp3) is 0.424. The first kappa shape index (κ1) is 35.6. The molecular weight excluding hydrogens is 600 g/mol. The summed E-state index contributed by atoms with van der Waals surface area (Å²) >= 11 is 0. The van der Waals surface area contributed by atoms with Gasteiger partial charge in [-0.15, -0.1) is 0 Å². The van der Waals surface area contributed by atoms with E-state index in [9.17, 15) is 24.0 Å². The van der Waals surface area contributed by atoms with E-state index in [0.29, 0.717) is 36.4 Å². The number of methoxy groups -OCH3 is 2. The molecule has 2 N–H and O–H groups in total. The fourth-order valence-corrected chi connectivity index (χ4v) is 4.75. The topological polar surface area (TPSA) is 167 Å². The van der Waals surface area contributed by atoms with Crippen molar-refractivity contribution in [1.29, 1.82) is 0 Å². The number of ketones is 1. The van der Waals surface area contributed by atoms with Gasteiger partial charge >= 0.3 is 17.9 Å². The molecule has 0 unspecified atom stereocenters. The van der Waals surface area contributed by atoms with Crippen LogP contribution in [0, 0.1) is 5.41 Å². The summed E-state index contributed by atoms with van der Waals surface area (Å²) in [7, 11) is 3.06. The standard InChI is InChI=1S/C33H40N2O11/c1-6-29(38)45-20-33(2,3)30(39)31(40)35-15-14-34-18-24(35)32(41)46-25(22-8-7-9-23(17-22)44-19-28(36)37)12-10-21-11-13-26(42-4)27(16-21)43-5/h6-9,11,13,16-17,24-25,34H,1,10,12,14-15,18-20H2,2-5H3,(H,36,37)/t24-,25+/m0/s1. The number of ether oxygens (including phenoxy) is 5. The van der Waals surface area contributed by atoms with Crippen molar-refractivity contribution in [3.8, 4) is 17.2 Å². The minimum absolute atomic E-state index is 0.0495. The smallest absolute Gasteiger partial charge is 0.341 e. The van der Waals surface area contributed by atoms with Crippen LogP contribution in [0.1, 0.15) is 37.5 Å². The summed E-state index contributed by atoms with van der Waals surface area (Å²) < 4.78 is 27.1. The minimum atomic E-state index is -1.35. The number of Topliss-reactive ketones (excluding diaryl/α,β-unsaturated/α-hetero) is 1. The normalized spacial score (nSPS) is 15.2. The summed E-state index contributed by atoms with van der Waals surface area (Å²) in [6.07, 6.45) is 0.872. The number of piperazine rings is 1. The maximum atomic E-state index is 13.7. The molecule has 13 heteroatoms. The molecule has 1 aliphatic rings. The highest BCUT2D eigenvalue weighted by Gasteiger charge is 2.42. The molecule has 0 aromatic heterocycles. The van der Waals surface area contributed by atoms with Crippen LogP contribution in [0.4, 0.5) is 0 Å². The van der Waals surface area contributed by atoms with Crippen molar-refractivity contribution in [2.45, 2.75) is 38.8 Å². The van der Waals surface area contributed by atoms with Crippen LogP contribution >= 0.6 is 0 Å². The average molecular weight is 641 g/mol. The number of amides is 1.